The Bertz CT molecular complexity index is 498. The molecule has 2 aromatic rings. The lowest BCUT2D eigenvalue weighted by atomic mass is 10.2. The molecule has 0 fully saturated rings. The largest absolute Gasteiger partial charge is 0.456 e. The number of ether oxygens (including phenoxy) is 1. The summed E-state index contributed by atoms with van der Waals surface area (Å²) in [5.74, 6) is -0.341. The Labute approximate surface area is 99.8 Å². The summed E-state index contributed by atoms with van der Waals surface area (Å²) in [6, 6.07) is 9.60. The predicted molar refractivity (Wildman–Crippen MR) is 63.5 cm³/mol. The molecule has 1 aromatic carbocycles. The van der Waals surface area contributed by atoms with E-state index in [1.165, 1.54) is 4.68 Å². The molecular weight excluding hydrogens is 216 g/mol. The van der Waals surface area contributed by atoms with Crippen LogP contribution in [0.2, 0.25) is 0 Å². The van der Waals surface area contributed by atoms with E-state index in [2.05, 4.69) is 5.10 Å². The number of carbonyl (C=O) groups is 1. The molecule has 0 aliphatic rings. The Morgan fingerprint density at radius 3 is 2.65 bits per heavy atom. The lowest BCUT2D eigenvalue weighted by Crippen LogP contribution is -2.12. The van der Waals surface area contributed by atoms with E-state index < -0.39 is 0 Å². The summed E-state index contributed by atoms with van der Waals surface area (Å²) in [5, 5.41) is 4.01. The van der Waals surface area contributed by atoms with Crippen LogP contribution in [0.1, 0.15) is 21.6 Å². The molecule has 17 heavy (non-hydrogen) atoms. The van der Waals surface area contributed by atoms with Crippen LogP contribution in [0.4, 0.5) is 0 Å². The van der Waals surface area contributed by atoms with Crippen LogP contribution in [0.5, 0.6) is 0 Å². The SMILES string of the molecule is Cc1cnn(C)c1C(=O)OCc1ccccc1. The molecule has 4 nitrogen and oxygen atoms in total. The van der Waals surface area contributed by atoms with E-state index in [0.29, 0.717) is 5.69 Å². The molecule has 0 saturated heterocycles. The first-order valence-corrected chi connectivity index (χ1v) is 5.38. The maximum absolute atomic E-state index is 11.8. The quantitative estimate of drug-likeness (QED) is 0.758. The van der Waals surface area contributed by atoms with E-state index in [1.807, 2.05) is 37.3 Å². The Kier molecular flexibility index (Phi) is 3.23. The zero-order valence-corrected chi connectivity index (χ0v) is 9.88. The Hall–Kier alpha value is -2.10. The van der Waals surface area contributed by atoms with Gasteiger partial charge in [-0.3, -0.25) is 4.68 Å². The number of nitrogens with zero attached hydrogens (tertiary/aromatic N) is 2. The van der Waals surface area contributed by atoms with Crippen LogP contribution in [0.15, 0.2) is 36.5 Å². The van der Waals surface area contributed by atoms with Crippen molar-refractivity contribution in [1.82, 2.24) is 9.78 Å². The summed E-state index contributed by atoms with van der Waals surface area (Å²) in [6.07, 6.45) is 1.65. The van der Waals surface area contributed by atoms with Gasteiger partial charge < -0.3 is 4.74 Å². The van der Waals surface area contributed by atoms with Gasteiger partial charge in [-0.1, -0.05) is 30.3 Å². The third kappa shape index (κ3) is 2.53. The van der Waals surface area contributed by atoms with Crippen LogP contribution in [0.3, 0.4) is 0 Å². The van der Waals surface area contributed by atoms with Crippen LogP contribution >= 0.6 is 0 Å². The zero-order chi connectivity index (χ0) is 12.3. The molecule has 1 heterocycles. The molecule has 0 bridgehead atoms. The minimum Gasteiger partial charge on any atom is -0.456 e. The van der Waals surface area contributed by atoms with Crippen molar-refractivity contribution in [3.63, 3.8) is 0 Å². The van der Waals surface area contributed by atoms with E-state index in [1.54, 1.807) is 13.2 Å². The van der Waals surface area contributed by atoms with Gasteiger partial charge in [-0.05, 0) is 12.5 Å². The fourth-order valence-corrected chi connectivity index (χ4v) is 1.63. The Morgan fingerprint density at radius 2 is 2.06 bits per heavy atom. The van der Waals surface area contributed by atoms with Gasteiger partial charge in [0.1, 0.15) is 12.3 Å². The number of hydrogen-bond acceptors (Lipinski definition) is 3. The number of carbonyl (C=O) groups excluding carboxylic acids is 1. The standard InChI is InChI=1S/C13H14N2O2/c1-10-8-14-15(2)12(10)13(16)17-9-11-6-4-3-5-7-11/h3-8H,9H2,1-2H3. The number of rotatable bonds is 3. The molecule has 0 atom stereocenters. The van der Waals surface area contributed by atoms with Crippen molar-refractivity contribution in [2.45, 2.75) is 13.5 Å². The first kappa shape index (κ1) is 11.4. The molecule has 0 unspecified atom stereocenters. The van der Waals surface area contributed by atoms with Crippen LogP contribution in [-0.4, -0.2) is 15.7 Å². The average molecular weight is 230 g/mol. The van der Waals surface area contributed by atoms with Crippen LogP contribution in [0, 0.1) is 6.92 Å². The van der Waals surface area contributed by atoms with Gasteiger partial charge in [0.05, 0.1) is 6.20 Å². The highest BCUT2D eigenvalue weighted by atomic mass is 16.5. The van der Waals surface area contributed by atoms with Crippen LogP contribution < -0.4 is 0 Å². The minimum absolute atomic E-state index is 0.282. The predicted octanol–water partition coefficient (Wildman–Crippen LogP) is 2.09. The maximum Gasteiger partial charge on any atom is 0.357 e. The second-order valence-corrected chi connectivity index (χ2v) is 3.86. The van der Waals surface area contributed by atoms with Crippen molar-refractivity contribution in [3.8, 4) is 0 Å². The zero-order valence-electron chi connectivity index (χ0n) is 9.88. The van der Waals surface area contributed by atoms with Crippen molar-refractivity contribution in [3.05, 3.63) is 53.3 Å². The number of benzene rings is 1. The normalized spacial score (nSPS) is 10.2. The fraction of sp³-hybridized carbons (Fsp3) is 0.231. The smallest absolute Gasteiger partial charge is 0.357 e. The fourth-order valence-electron chi connectivity index (χ4n) is 1.63. The van der Waals surface area contributed by atoms with Gasteiger partial charge in [0.2, 0.25) is 0 Å². The number of aromatic nitrogens is 2. The molecule has 88 valence electrons. The van der Waals surface area contributed by atoms with Crippen molar-refractivity contribution >= 4 is 5.97 Å². The molecule has 0 aliphatic heterocycles. The van der Waals surface area contributed by atoms with Crippen LogP contribution in [-0.2, 0) is 18.4 Å². The van der Waals surface area contributed by atoms with E-state index in [-0.39, 0.29) is 12.6 Å². The van der Waals surface area contributed by atoms with E-state index >= 15 is 0 Å². The van der Waals surface area contributed by atoms with Crippen molar-refractivity contribution < 1.29 is 9.53 Å². The van der Waals surface area contributed by atoms with Gasteiger partial charge >= 0.3 is 5.97 Å². The monoisotopic (exact) mass is 230 g/mol. The van der Waals surface area contributed by atoms with Gasteiger partial charge in [0, 0.05) is 12.6 Å². The first-order chi connectivity index (χ1) is 8.18. The van der Waals surface area contributed by atoms with Crippen LogP contribution in [0.25, 0.3) is 0 Å². The second-order valence-electron chi connectivity index (χ2n) is 3.86. The molecule has 2 rings (SSSR count). The average Bonchev–Trinajstić information content (AvgIpc) is 2.67. The van der Waals surface area contributed by atoms with Gasteiger partial charge in [-0.2, -0.15) is 5.10 Å². The molecule has 0 radical (unpaired) electrons. The molecule has 0 N–H and O–H groups in total. The molecule has 1 aromatic heterocycles. The molecule has 0 saturated carbocycles. The Morgan fingerprint density at radius 1 is 1.35 bits per heavy atom. The van der Waals surface area contributed by atoms with Gasteiger partial charge in [-0.25, -0.2) is 4.79 Å². The summed E-state index contributed by atoms with van der Waals surface area (Å²) in [7, 11) is 1.73. The van der Waals surface area contributed by atoms with E-state index in [9.17, 15) is 4.79 Å². The summed E-state index contributed by atoms with van der Waals surface area (Å²) in [4.78, 5) is 11.8. The Balaban J connectivity index is 2.04. The highest BCUT2D eigenvalue weighted by Crippen LogP contribution is 2.09. The lowest BCUT2D eigenvalue weighted by Gasteiger charge is -2.05. The number of aryl methyl sites for hydroxylation is 2. The third-order valence-electron chi connectivity index (χ3n) is 2.53. The summed E-state index contributed by atoms with van der Waals surface area (Å²) >= 11 is 0. The third-order valence-corrected chi connectivity index (χ3v) is 2.53. The van der Waals surface area contributed by atoms with Gasteiger partial charge in [-0.15, -0.1) is 0 Å². The summed E-state index contributed by atoms with van der Waals surface area (Å²) < 4.78 is 6.76. The molecular formula is C13H14N2O2. The molecule has 0 amide bonds. The summed E-state index contributed by atoms with van der Waals surface area (Å²) in [6.45, 7) is 2.12. The maximum atomic E-state index is 11.8. The minimum atomic E-state index is -0.341. The van der Waals surface area contributed by atoms with Gasteiger partial charge in [0.15, 0.2) is 0 Å². The van der Waals surface area contributed by atoms with Crippen molar-refractivity contribution in [2.75, 3.05) is 0 Å². The second kappa shape index (κ2) is 4.82. The highest BCUT2D eigenvalue weighted by molar-refractivity contribution is 5.88. The molecule has 0 spiro atoms. The summed E-state index contributed by atoms with van der Waals surface area (Å²) in [5.41, 5.74) is 2.30. The first-order valence-electron chi connectivity index (χ1n) is 5.38. The number of hydrogen-bond donors (Lipinski definition) is 0. The van der Waals surface area contributed by atoms with Crippen molar-refractivity contribution in [2.24, 2.45) is 7.05 Å². The molecule has 4 heteroatoms. The topological polar surface area (TPSA) is 44.1 Å². The highest BCUT2D eigenvalue weighted by Gasteiger charge is 2.15. The number of esters is 1. The van der Waals surface area contributed by atoms with Crippen molar-refractivity contribution in [1.29, 1.82) is 0 Å². The molecule has 0 aliphatic carbocycles. The van der Waals surface area contributed by atoms with E-state index in [4.69, 9.17) is 4.74 Å². The van der Waals surface area contributed by atoms with E-state index in [0.717, 1.165) is 11.1 Å². The lowest BCUT2D eigenvalue weighted by molar-refractivity contribution is 0.0459. The van der Waals surface area contributed by atoms with Gasteiger partial charge in [0.25, 0.3) is 0 Å².